The molecule has 1 N–H and O–H groups in total. The molecule has 29 heavy (non-hydrogen) atoms. The number of ether oxygens (including phenoxy) is 2. The van der Waals surface area contributed by atoms with Crippen LogP contribution in [0.25, 0.3) is 0 Å². The second-order valence-corrected chi connectivity index (χ2v) is 8.16. The number of amides is 1. The van der Waals surface area contributed by atoms with Crippen molar-refractivity contribution in [2.24, 2.45) is 5.92 Å². The van der Waals surface area contributed by atoms with Gasteiger partial charge in [0, 0.05) is 35.7 Å². The molecular weight excluding hydrogens is 411 g/mol. The first-order valence-corrected chi connectivity index (χ1v) is 10.5. The molecule has 0 aromatic heterocycles. The molecule has 0 saturated carbocycles. The first-order chi connectivity index (χ1) is 14.0. The van der Waals surface area contributed by atoms with Gasteiger partial charge in [0.2, 0.25) is 0 Å². The summed E-state index contributed by atoms with van der Waals surface area (Å²) in [5.41, 5.74) is 0. The molecule has 1 aliphatic heterocycles. The number of likely N-dealkylation sites (tertiary alicyclic amines) is 1. The lowest BCUT2D eigenvalue weighted by Gasteiger charge is -2.37. The van der Waals surface area contributed by atoms with Crippen LogP contribution < -0.4 is 14.8 Å². The van der Waals surface area contributed by atoms with Crippen molar-refractivity contribution in [1.82, 2.24) is 10.2 Å². The van der Waals surface area contributed by atoms with Crippen molar-refractivity contribution in [3.63, 3.8) is 0 Å². The van der Waals surface area contributed by atoms with E-state index >= 15 is 0 Å². The zero-order chi connectivity index (χ0) is 20.6. The van der Waals surface area contributed by atoms with E-state index in [4.69, 9.17) is 32.7 Å². The maximum absolute atomic E-state index is 12.2. The highest BCUT2D eigenvalue weighted by Gasteiger charge is 2.27. The highest BCUT2D eigenvalue weighted by Crippen LogP contribution is 2.19. The summed E-state index contributed by atoms with van der Waals surface area (Å²) in [5.74, 6) is 1.72. The second-order valence-electron chi connectivity index (χ2n) is 7.29. The Labute approximate surface area is 181 Å². The summed E-state index contributed by atoms with van der Waals surface area (Å²) in [6, 6.07) is 14.5. The molecule has 0 radical (unpaired) electrons. The number of rotatable bonds is 8. The fraction of sp³-hybridized carbons (Fsp3) is 0.409. The van der Waals surface area contributed by atoms with Gasteiger partial charge in [0.25, 0.3) is 5.91 Å². The maximum Gasteiger partial charge on any atom is 0.258 e. The lowest BCUT2D eigenvalue weighted by Crippen LogP contribution is -2.51. The number of carbonyl (C=O) groups excluding carboxylic acids is 1. The third kappa shape index (κ3) is 7.11. The van der Waals surface area contributed by atoms with Crippen molar-refractivity contribution in [2.75, 3.05) is 32.8 Å². The number of halogens is 2. The van der Waals surface area contributed by atoms with Crippen LogP contribution >= 0.6 is 23.2 Å². The predicted octanol–water partition coefficient (Wildman–Crippen LogP) is 4.28. The molecule has 1 amide bonds. The van der Waals surface area contributed by atoms with Gasteiger partial charge in [-0.05, 0) is 60.9 Å². The molecule has 0 aliphatic carbocycles. The lowest BCUT2D eigenvalue weighted by molar-refractivity contribution is -0.124. The van der Waals surface area contributed by atoms with Crippen molar-refractivity contribution >= 4 is 29.1 Å². The van der Waals surface area contributed by atoms with Gasteiger partial charge < -0.3 is 14.8 Å². The molecule has 5 nitrogen and oxygen atoms in total. The van der Waals surface area contributed by atoms with E-state index in [0.29, 0.717) is 28.3 Å². The van der Waals surface area contributed by atoms with Gasteiger partial charge in [-0.2, -0.15) is 0 Å². The molecule has 1 aliphatic rings. The van der Waals surface area contributed by atoms with Gasteiger partial charge in [0.05, 0.1) is 0 Å². The molecule has 2 aromatic rings. The summed E-state index contributed by atoms with van der Waals surface area (Å²) >= 11 is 11.7. The molecule has 1 fully saturated rings. The van der Waals surface area contributed by atoms with Gasteiger partial charge >= 0.3 is 0 Å². The maximum atomic E-state index is 12.2. The summed E-state index contributed by atoms with van der Waals surface area (Å²) in [6.45, 7) is 5.50. The second kappa shape index (κ2) is 10.7. The van der Waals surface area contributed by atoms with E-state index in [1.807, 2.05) is 24.3 Å². The lowest BCUT2D eigenvalue weighted by atomic mass is 9.94. The van der Waals surface area contributed by atoms with Crippen molar-refractivity contribution in [2.45, 2.75) is 19.4 Å². The van der Waals surface area contributed by atoms with Crippen LogP contribution in [0.3, 0.4) is 0 Å². The Kier molecular flexibility index (Phi) is 8.04. The standard InChI is InChI=1S/C22H26Cl2N2O3/c1-16-14-26(12-13-28-19-6-2-17(23)3-7-19)11-10-21(16)25-22(27)15-29-20-8-4-18(24)5-9-20/h2-9,16,21H,10-15H2,1H3,(H,25,27). The van der Waals surface area contributed by atoms with Crippen LogP contribution in [-0.2, 0) is 4.79 Å². The number of carbonyl (C=O) groups is 1. The highest BCUT2D eigenvalue weighted by atomic mass is 35.5. The molecule has 0 spiro atoms. The number of hydrogen-bond donors (Lipinski definition) is 1. The van der Waals surface area contributed by atoms with E-state index in [0.717, 1.165) is 31.8 Å². The van der Waals surface area contributed by atoms with Crippen molar-refractivity contribution in [3.05, 3.63) is 58.6 Å². The van der Waals surface area contributed by atoms with E-state index in [-0.39, 0.29) is 18.6 Å². The Morgan fingerprint density at radius 1 is 1.03 bits per heavy atom. The minimum Gasteiger partial charge on any atom is -0.492 e. The van der Waals surface area contributed by atoms with E-state index in [1.54, 1.807) is 24.3 Å². The minimum absolute atomic E-state index is 0.00347. The molecule has 1 saturated heterocycles. The number of piperidine rings is 1. The van der Waals surface area contributed by atoms with E-state index in [1.165, 1.54) is 0 Å². The van der Waals surface area contributed by atoms with E-state index in [9.17, 15) is 4.79 Å². The van der Waals surface area contributed by atoms with Crippen LogP contribution in [0.4, 0.5) is 0 Å². The number of hydrogen-bond acceptors (Lipinski definition) is 4. The smallest absolute Gasteiger partial charge is 0.258 e. The molecule has 3 rings (SSSR count). The molecular formula is C22H26Cl2N2O3. The number of nitrogens with zero attached hydrogens (tertiary/aromatic N) is 1. The zero-order valence-electron chi connectivity index (χ0n) is 16.4. The fourth-order valence-corrected chi connectivity index (χ4v) is 3.65. The van der Waals surface area contributed by atoms with E-state index < -0.39 is 0 Å². The van der Waals surface area contributed by atoms with Crippen LogP contribution in [0.2, 0.25) is 10.0 Å². The summed E-state index contributed by atoms with van der Waals surface area (Å²) in [4.78, 5) is 14.6. The van der Waals surface area contributed by atoms with Crippen LogP contribution in [0.15, 0.2) is 48.5 Å². The summed E-state index contributed by atoms with van der Waals surface area (Å²) in [5, 5.41) is 4.44. The third-order valence-electron chi connectivity index (χ3n) is 5.01. The first-order valence-electron chi connectivity index (χ1n) is 9.78. The molecule has 2 unspecified atom stereocenters. The molecule has 2 aromatic carbocycles. The highest BCUT2D eigenvalue weighted by molar-refractivity contribution is 6.30. The minimum atomic E-state index is -0.101. The van der Waals surface area contributed by atoms with Crippen LogP contribution in [0, 0.1) is 5.92 Å². The Bertz CT molecular complexity index is 784. The third-order valence-corrected chi connectivity index (χ3v) is 5.51. The van der Waals surface area contributed by atoms with Crippen molar-refractivity contribution in [3.8, 4) is 11.5 Å². The summed E-state index contributed by atoms with van der Waals surface area (Å²) < 4.78 is 11.3. The largest absolute Gasteiger partial charge is 0.492 e. The van der Waals surface area contributed by atoms with Gasteiger partial charge in [0.1, 0.15) is 18.1 Å². The van der Waals surface area contributed by atoms with Gasteiger partial charge in [-0.15, -0.1) is 0 Å². The van der Waals surface area contributed by atoms with E-state index in [2.05, 4.69) is 17.1 Å². The Morgan fingerprint density at radius 2 is 1.62 bits per heavy atom. The average Bonchev–Trinajstić information content (AvgIpc) is 2.71. The quantitative estimate of drug-likeness (QED) is 0.670. The molecule has 2 atom stereocenters. The topological polar surface area (TPSA) is 50.8 Å². The van der Waals surface area contributed by atoms with Crippen molar-refractivity contribution < 1.29 is 14.3 Å². The van der Waals surface area contributed by atoms with Crippen LogP contribution in [-0.4, -0.2) is 49.7 Å². The summed E-state index contributed by atoms with van der Waals surface area (Å²) in [7, 11) is 0. The van der Waals surface area contributed by atoms with Crippen LogP contribution in [0.5, 0.6) is 11.5 Å². The first kappa shape index (κ1) is 21.8. The number of nitrogens with one attached hydrogen (secondary N) is 1. The van der Waals surface area contributed by atoms with Crippen molar-refractivity contribution in [1.29, 1.82) is 0 Å². The van der Waals surface area contributed by atoms with Gasteiger partial charge in [-0.25, -0.2) is 0 Å². The predicted molar refractivity (Wildman–Crippen MR) is 116 cm³/mol. The zero-order valence-corrected chi connectivity index (χ0v) is 18.0. The monoisotopic (exact) mass is 436 g/mol. The average molecular weight is 437 g/mol. The molecule has 156 valence electrons. The Morgan fingerprint density at radius 3 is 2.21 bits per heavy atom. The fourth-order valence-electron chi connectivity index (χ4n) is 3.40. The van der Waals surface area contributed by atoms with Gasteiger partial charge in [-0.1, -0.05) is 30.1 Å². The SMILES string of the molecule is CC1CN(CCOc2ccc(Cl)cc2)CCC1NC(=O)COc1ccc(Cl)cc1. The summed E-state index contributed by atoms with van der Waals surface area (Å²) in [6.07, 6.45) is 0.912. The Balaban J connectivity index is 1.35. The van der Waals surface area contributed by atoms with Gasteiger partial charge in [0.15, 0.2) is 6.61 Å². The van der Waals surface area contributed by atoms with Gasteiger partial charge in [-0.3, -0.25) is 9.69 Å². The molecule has 0 bridgehead atoms. The molecule has 7 heteroatoms. The molecule has 1 heterocycles. The van der Waals surface area contributed by atoms with Crippen LogP contribution in [0.1, 0.15) is 13.3 Å². The number of benzene rings is 2. The Hall–Kier alpha value is -1.95. The normalized spacial score (nSPS) is 19.6.